The predicted octanol–water partition coefficient (Wildman–Crippen LogP) is 2.72. The van der Waals surface area contributed by atoms with E-state index < -0.39 is 28.7 Å². The molecule has 2 saturated heterocycles. The number of amides is 1. The van der Waals surface area contributed by atoms with E-state index in [0.29, 0.717) is 6.42 Å². The van der Waals surface area contributed by atoms with Gasteiger partial charge in [0.15, 0.2) is 5.78 Å². The monoisotopic (exact) mass is 389 g/mol. The molecule has 0 unspecified atom stereocenters. The van der Waals surface area contributed by atoms with E-state index in [4.69, 9.17) is 48.6 Å². The molecule has 10 heteroatoms. The number of rotatable bonds is 3. The summed E-state index contributed by atoms with van der Waals surface area (Å²) in [7, 11) is -1.16. The first-order chi connectivity index (χ1) is 10.2. The highest BCUT2D eigenvalue weighted by atomic mass is 35.6. The van der Waals surface area contributed by atoms with Crippen LogP contribution >= 0.6 is 42.4 Å². The summed E-state index contributed by atoms with van der Waals surface area (Å²) in [5, 5.41) is 0. The van der Waals surface area contributed by atoms with Gasteiger partial charge in [0.1, 0.15) is 5.60 Å². The minimum atomic E-state index is -3.68. The maximum Gasteiger partial charge on any atom is 0.355 e. The average Bonchev–Trinajstić information content (AvgIpc) is 3.11. The zero-order valence-electron chi connectivity index (χ0n) is 11.9. The molecule has 0 saturated carbocycles. The summed E-state index contributed by atoms with van der Waals surface area (Å²) in [6.07, 6.45) is 4.37. The first-order valence-electron chi connectivity index (χ1n) is 6.64. The second-order valence-electron chi connectivity index (χ2n) is 5.54. The molecular weight excluding hydrogens is 375 g/mol. The molecule has 0 aliphatic carbocycles. The SMILES string of the molecule is COP(=O)(OC)[C@H]1N(C(=O)C(Cl)(Cl)Cl)C[C@@H]2C[C@H]3C=C[C@]21O3. The van der Waals surface area contributed by atoms with Gasteiger partial charge in [-0.15, -0.1) is 0 Å². The lowest BCUT2D eigenvalue weighted by molar-refractivity contribution is -0.132. The Kier molecular flexibility index (Phi) is 4.14. The Balaban J connectivity index is 2.07. The van der Waals surface area contributed by atoms with Crippen molar-refractivity contribution in [1.82, 2.24) is 4.90 Å². The summed E-state index contributed by atoms with van der Waals surface area (Å²) in [5.41, 5.74) is -0.919. The number of carbonyl (C=O) groups excluding carboxylic acids is 1. The Labute approximate surface area is 143 Å². The normalized spacial score (nSPS) is 37.0. The van der Waals surface area contributed by atoms with Crippen molar-refractivity contribution in [2.45, 2.75) is 27.7 Å². The van der Waals surface area contributed by atoms with E-state index in [1.54, 1.807) is 0 Å². The number of ether oxygens (including phenoxy) is 1. The van der Waals surface area contributed by atoms with Crippen LogP contribution in [0.2, 0.25) is 0 Å². The van der Waals surface area contributed by atoms with Gasteiger partial charge in [-0.05, 0) is 6.42 Å². The quantitative estimate of drug-likeness (QED) is 0.421. The molecule has 3 rings (SSSR count). The summed E-state index contributed by atoms with van der Waals surface area (Å²) in [4.78, 5) is 13.7. The molecule has 1 amide bonds. The van der Waals surface area contributed by atoms with Gasteiger partial charge >= 0.3 is 7.60 Å². The Morgan fingerprint density at radius 2 is 2.05 bits per heavy atom. The van der Waals surface area contributed by atoms with Crippen molar-refractivity contribution in [2.24, 2.45) is 5.92 Å². The van der Waals surface area contributed by atoms with Crippen LogP contribution < -0.4 is 0 Å². The summed E-state index contributed by atoms with van der Waals surface area (Å²) in [6.45, 7) is 0.273. The summed E-state index contributed by atoms with van der Waals surface area (Å²) in [6, 6.07) is 0. The molecular formula is C12H15Cl3NO5P. The minimum absolute atomic E-state index is 0.0394. The van der Waals surface area contributed by atoms with Crippen LogP contribution in [0.3, 0.4) is 0 Å². The zero-order chi connectivity index (χ0) is 16.3. The molecule has 1 spiro atoms. The third-order valence-electron chi connectivity index (χ3n) is 4.51. The third kappa shape index (κ3) is 2.27. The van der Waals surface area contributed by atoms with Crippen LogP contribution in [-0.2, 0) is 23.1 Å². The standard InChI is InChI=1S/C12H15Cl3NO5P/c1-19-22(18,20-2)10-11-4-3-8(21-11)5-7(11)6-16(10)9(17)12(13,14)15/h3-4,7-8,10H,5-6H2,1-2H3/t7-,8+,10+,11-/m0/s1. The van der Waals surface area contributed by atoms with Crippen LogP contribution in [0.15, 0.2) is 12.2 Å². The molecule has 22 heavy (non-hydrogen) atoms. The second kappa shape index (κ2) is 5.35. The van der Waals surface area contributed by atoms with Crippen LogP contribution in [-0.4, -0.2) is 52.9 Å². The van der Waals surface area contributed by atoms with Gasteiger partial charge < -0.3 is 18.7 Å². The number of hydrogen-bond acceptors (Lipinski definition) is 5. The van der Waals surface area contributed by atoms with Crippen LogP contribution in [0, 0.1) is 5.92 Å². The fourth-order valence-electron chi connectivity index (χ4n) is 3.63. The van der Waals surface area contributed by atoms with Crippen molar-refractivity contribution in [1.29, 1.82) is 0 Å². The van der Waals surface area contributed by atoms with Gasteiger partial charge in [-0.3, -0.25) is 9.36 Å². The average molecular weight is 391 g/mol. The van der Waals surface area contributed by atoms with Crippen molar-refractivity contribution in [3.63, 3.8) is 0 Å². The molecule has 3 aliphatic rings. The summed E-state index contributed by atoms with van der Waals surface area (Å²) in [5.74, 6) is -1.78. The topological polar surface area (TPSA) is 65.1 Å². The van der Waals surface area contributed by atoms with E-state index in [2.05, 4.69) is 0 Å². The largest absolute Gasteiger partial charge is 0.360 e. The zero-order valence-corrected chi connectivity index (χ0v) is 15.0. The summed E-state index contributed by atoms with van der Waals surface area (Å²) < 4.78 is 27.1. The lowest BCUT2D eigenvalue weighted by Gasteiger charge is -2.37. The van der Waals surface area contributed by atoms with Gasteiger partial charge in [0, 0.05) is 26.7 Å². The second-order valence-corrected chi connectivity index (χ2v) is 10.1. The molecule has 0 N–H and O–H groups in total. The molecule has 0 aromatic heterocycles. The molecule has 3 aliphatic heterocycles. The Morgan fingerprint density at radius 1 is 1.41 bits per heavy atom. The number of halogens is 3. The number of fused-ring (bicyclic) bond motifs is 1. The summed E-state index contributed by atoms with van der Waals surface area (Å²) >= 11 is 17.2. The number of hydrogen-bond donors (Lipinski definition) is 0. The maximum atomic E-state index is 13.0. The molecule has 0 aromatic carbocycles. The van der Waals surface area contributed by atoms with E-state index in [9.17, 15) is 9.36 Å². The van der Waals surface area contributed by atoms with Gasteiger partial charge in [-0.25, -0.2) is 0 Å². The van der Waals surface area contributed by atoms with Crippen molar-refractivity contribution in [3.05, 3.63) is 12.2 Å². The van der Waals surface area contributed by atoms with E-state index in [1.807, 2.05) is 12.2 Å². The number of nitrogens with zero attached hydrogens (tertiary/aromatic N) is 1. The van der Waals surface area contributed by atoms with E-state index >= 15 is 0 Å². The fraction of sp³-hybridized carbons (Fsp3) is 0.750. The van der Waals surface area contributed by atoms with Crippen LogP contribution in [0.5, 0.6) is 0 Å². The molecule has 0 radical (unpaired) electrons. The Bertz CT molecular complexity index is 572. The van der Waals surface area contributed by atoms with Gasteiger partial charge in [0.05, 0.1) is 6.10 Å². The molecule has 2 fully saturated rings. The molecule has 124 valence electrons. The van der Waals surface area contributed by atoms with Crippen molar-refractivity contribution in [3.8, 4) is 0 Å². The first-order valence-corrected chi connectivity index (χ1v) is 9.38. The number of alkyl halides is 3. The van der Waals surface area contributed by atoms with Crippen LogP contribution in [0.1, 0.15) is 6.42 Å². The van der Waals surface area contributed by atoms with Crippen LogP contribution in [0.4, 0.5) is 0 Å². The highest BCUT2D eigenvalue weighted by Gasteiger charge is 2.69. The third-order valence-corrected chi connectivity index (χ3v) is 7.29. The Morgan fingerprint density at radius 3 is 2.55 bits per heavy atom. The predicted molar refractivity (Wildman–Crippen MR) is 82.3 cm³/mol. The van der Waals surface area contributed by atoms with E-state index in [1.165, 1.54) is 19.1 Å². The van der Waals surface area contributed by atoms with E-state index in [0.717, 1.165) is 0 Å². The van der Waals surface area contributed by atoms with Gasteiger partial charge in [-0.2, -0.15) is 0 Å². The first kappa shape index (κ1) is 17.0. The lowest BCUT2D eigenvalue weighted by atomic mass is 9.86. The van der Waals surface area contributed by atoms with Crippen molar-refractivity contribution >= 4 is 48.3 Å². The molecule has 2 bridgehead atoms. The van der Waals surface area contributed by atoms with Gasteiger partial charge in [0.2, 0.25) is 0 Å². The highest BCUT2D eigenvalue weighted by molar-refractivity contribution is 7.54. The van der Waals surface area contributed by atoms with Crippen molar-refractivity contribution in [2.75, 3.05) is 20.8 Å². The van der Waals surface area contributed by atoms with Crippen LogP contribution in [0.25, 0.3) is 0 Å². The molecule has 0 aromatic rings. The number of likely N-dealkylation sites (tertiary alicyclic amines) is 1. The minimum Gasteiger partial charge on any atom is -0.360 e. The highest BCUT2D eigenvalue weighted by Crippen LogP contribution is 2.66. The van der Waals surface area contributed by atoms with Crippen molar-refractivity contribution < 1.29 is 23.1 Å². The fourth-order valence-corrected chi connectivity index (χ4v) is 5.89. The maximum absolute atomic E-state index is 13.0. The Hall–Kier alpha value is 0.190. The number of carbonyl (C=O) groups is 1. The van der Waals surface area contributed by atoms with Gasteiger partial charge in [0.25, 0.3) is 9.70 Å². The molecule has 3 heterocycles. The lowest BCUT2D eigenvalue weighted by Crippen LogP contribution is -2.49. The smallest absolute Gasteiger partial charge is 0.355 e. The van der Waals surface area contributed by atoms with E-state index in [-0.39, 0.29) is 18.6 Å². The molecule has 6 nitrogen and oxygen atoms in total. The molecule has 4 atom stereocenters. The van der Waals surface area contributed by atoms with Gasteiger partial charge in [-0.1, -0.05) is 47.0 Å².